The molecule has 16 heavy (non-hydrogen) atoms. The molecule has 1 rings (SSSR count). The van der Waals surface area contributed by atoms with Crippen molar-refractivity contribution >= 4 is 33.6 Å². The van der Waals surface area contributed by atoms with E-state index in [-0.39, 0.29) is 5.91 Å². The van der Waals surface area contributed by atoms with Gasteiger partial charge in [-0.1, -0.05) is 18.6 Å². The lowest BCUT2D eigenvalue weighted by molar-refractivity contribution is 0.0953. The van der Waals surface area contributed by atoms with Gasteiger partial charge in [0.1, 0.15) is 0 Å². The number of thioether (sulfide) groups is 1. The molecular formula is C12H16BrNOS. The Morgan fingerprint density at radius 3 is 2.88 bits per heavy atom. The van der Waals surface area contributed by atoms with Crippen molar-refractivity contribution in [3.8, 4) is 0 Å². The molecule has 0 saturated heterocycles. The smallest absolute Gasteiger partial charge is 0.252 e. The zero-order chi connectivity index (χ0) is 12.1. The normalized spacial score (nSPS) is 12.2. The van der Waals surface area contributed by atoms with Crippen LogP contribution in [0, 0.1) is 6.92 Å². The SMILES string of the molecule is CSC(C)CNC(=O)c1cc(C)ccc1Br. The summed E-state index contributed by atoms with van der Waals surface area (Å²) in [5, 5.41) is 3.37. The van der Waals surface area contributed by atoms with Crippen LogP contribution in [0.25, 0.3) is 0 Å². The van der Waals surface area contributed by atoms with E-state index >= 15 is 0 Å². The van der Waals surface area contributed by atoms with Crippen molar-refractivity contribution in [1.82, 2.24) is 5.32 Å². The molecule has 0 heterocycles. The van der Waals surface area contributed by atoms with E-state index in [4.69, 9.17) is 0 Å². The average Bonchev–Trinajstić information content (AvgIpc) is 2.28. The fourth-order valence-electron chi connectivity index (χ4n) is 1.23. The molecule has 1 unspecified atom stereocenters. The second-order valence-corrected chi connectivity index (χ2v) is 5.87. The minimum Gasteiger partial charge on any atom is -0.351 e. The first-order valence-corrected chi connectivity index (χ1v) is 7.20. The van der Waals surface area contributed by atoms with Crippen LogP contribution >= 0.6 is 27.7 Å². The molecule has 1 aromatic rings. The lowest BCUT2D eigenvalue weighted by atomic mass is 10.1. The Morgan fingerprint density at radius 2 is 2.25 bits per heavy atom. The number of benzene rings is 1. The first kappa shape index (κ1) is 13.6. The van der Waals surface area contributed by atoms with Gasteiger partial charge in [-0.15, -0.1) is 0 Å². The number of carbonyl (C=O) groups excluding carboxylic acids is 1. The van der Waals surface area contributed by atoms with E-state index in [0.29, 0.717) is 17.4 Å². The topological polar surface area (TPSA) is 29.1 Å². The number of rotatable bonds is 4. The van der Waals surface area contributed by atoms with Gasteiger partial charge in [0.2, 0.25) is 0 Å². The van der Waals surface area contributed by atoms with Crippen LogP contribution in [0.3, 0.4) is 0 Å². The van der Waals surface area contributed by atoms with Gasteiger partial charge in [-0.3, -0.25) is 4.79 Å². The summed E-state index contributed by atoms with van der Waals surface area (Å²) in [4.78, 5) is 11.9. The maximum atomic E-state index is 11.9. The molecule has 0 aliphatic rings. The molecule has 1 N–H and O–H groups in total. The second kappa shape index (κ2) is 6.30. The fourth-order valence-corrected chi connectivity index (χ4v) is 1.90. The van der Waals surface area contributed by atoms with Crippen LogP contribution in [-0.2, 0) is 0 Å². The lowest BCUT2D eigenvalue weighted by Gasteiger charge is -2.11. The highest BCUT2D eigenvalue weighted by Crippen LogP contribution is 2.18. The van der Waals surface area contributed by atoms with Crippen molar-refractivity contribution in [2.24, 2.45) is 0 Å². The number of carbonyl (C=O) groups is 1. The van der Waals surface area contributed by atoms with Crippen molar-refractivity contribution in [2.45, 2.75) is 19.1 Å². The van der Waals surface area contributed by atoms with Gasteiger partial charge < -0.3 is 5.32 Å². The Balaban J connectivity index is 2.69. The number of hydrogen-bond donors (Lipinski definition) is 1. The van der Waals surface area contributed by atoms with Gasteiger partial charge in [0.25, 0.3) is 5.91 Å². The molecule has 0 spiro atoms. The Labute approximate surface area is 109 Å². The van der Waals surface area contributed by atoms with E-state index in [9.17, 15) is 4.79 Å². The minimum atomic E-state index is -0.0172. The lowest BCUT2D eigenvalue weighted by Crippen LogP contribution is -2.29. The van der Waals surface area contributed by atoms with Gasteiger partial charge in [-0.25, -0.2) is 0 Å². The largest absolute Gasteiger partial charge is 0.351 e. The predicted molar refractivity (Wildman–Crippen MR) is 74.2 cm³/mol. The van der Waals surface area contributed by atoms with Crippen molar-refractivity contribution in [1.29, 1.82) is 0 Å². The Hall–Kier alpha value is -0.480. The van der Waals surface area contributed by atoms with Gasteiger partial charge in [0.05, 0.1) is 5.56 Å². The van der Waals surface area contributed by atoms with E-state index in [2.05, 4.69) is 28.2 Å². The zero-order valence-corrected chi connectivity index (χ0v) is 12.1. The predicted octanol–water partition coefficient (Wildman–Crippen LogP) is 3.24. The van der Waals surface area contributed by atoms with E-state index in [1.165, 1.54) is 0 Å². The van der Waals surface area contributed by atoms with Gasteiger partial charge >= 0.3 is 0 Å². The number of halogens is 1. The summed E-state index contributed by atoms with van der Waals surface area (Å²) < 4.78 is 0.840. The molecule has 0 saturated carbocycles. The molecule has 88 valence electrons. The van der Waals surface area contributed by atoms with Crippen molar-refractivity contribution in [3.05, 3.63) is 33.8 Å². The molecule has 0 aliphatic carbocycles. The third-order valence-electron chi connectivity index (χ3n) is 2.32. The maximum absolute atomic E-state index is 11.9. The monoisotopic (exact) mass is 301 g/mol. The molecule has 4 heteroatoms. The minimum absolute atomic E-state index is 0.0172. The van der Waals surface area contributed by atoms with Crippen LogP contribution in [0.1, 0.15) is 22.8 Å². The van der Waals surface area contributed by atoms with Crippen LogP contribution in [0.15, 0.2) is 22.7 Å². The summed E-state index contributed by atoms with van der Waals surface area (Å²) in [6, 6.07) is 5.77. The van der Waals surface area contributed by atoms with Crippen LogP contribution in [0.4, 0.5) is 0 Å². The molecule has 1 atom stereocenters. The molecule has 1 amide bonds. The first-order valence-electron chi connectivity index (χ1n) is 5.11. The van der Waals surface area contributed by atoms with E-state index in [0.717, 1.165) is 10.0 Å². The van der Waals surface area contributed by atoms with Crippen molar-refractivity contribution in [3.63, 3.8) is 0 Å². The molecule has 0 radical (unpaired) electrons. The van der Waals surface area contributed by atoms with Crippen LogP contribution in [-0.4, -0.2) is 24.0 Å². The van der Waals surface area contributed by atoms with E-state index in [1.54, 1.807) is 11.8 Å². The standard InChI is InChI=1S/C12H16BrNOS/c1-8-4-5-11(13)10(6-8)12(15)14-7-9(2)16-3/h4-6,9H,7H2,1-3H3,(H,14,15). The molecule has 0 bridgehead atoms. The fraction of sp³-hybridized carbons (Fsp3) is 0.417. The van der Waals surface area contributed by atoms with Crippen LogP contribution in [0.2, 0.25) is 0 Å². The molecule has 0 aromatic heterocycles. The summed E-state index contributed by atoms with van der Waals surface area (Å²) in [6.45, 7) is 4.77. The maximum Gasteiger partial charge on any atom is 0.252 e. The molecular weight excluding hydrogens is 286 g/mol. The summed E-state index contributed by atoms with van der Waals surface area (Å²) in [5.41, 5.74) is 1.79. The van der Waals surface area contributed by atoms with Gasteiger partial charge in [0, 0.05) is 16.3 Å². The van der Waals surface area contributed by atoms with Crippen LogP contribution in [0.5, 0.6) is 0 Å². The third kappa shape index (κ3) is 3.83. The second-order valence-electron chi connectivity index (χ2n) is 3.74. The zero-order valence-electron chi connectivity index (χ0n) is 9.71. The third-order valence-corrected chi connectivity index (χ3v) is 3.98. The summed E-state index contributed by atoms with van der Waals surface area (Å²) in [5.74, 6) is -0.0172. The highest BCUT2D eigenvalue weighted by molar-refractivity contribution is 9.10. The molecule has 0 aliphatic heterocycles. The number of aryl methyl sites for hydroxylation is 1. The number of nitrogens with one attached hydrogen (secondary N) is 1. The first-order chi connectivity index (χ1) is 7.54. The molecule has 0 fully saturated rings. The summed E-state index contributed by atoms with van der Waals surface area (Å²) in [6.07, 6.45) is 2.04. The van der Waals surface area contributed by atoms with Crippen LogP contribution < -0.4 is 5.32 Å². The van der Waals surface area contributed by atoms with Crippen molar-refractivity contribution < 1.29 is 4.79 Å². The Kier molecular flexibility index (Phi) is 5.35. The summed E-state index contributed by atoms with van der Waals surface area (Å²) >= 11 is 5.13. The van der Waals surface area contributed by atoms with Gasteiger partial charge in [0.15, 0.2) is 0 Å². The van der Waals surface area contributed by atoms with E-state index in [1.807, 2.05) is 31.4 Å². The van der Waals surface area contributed by atoms with Gasteiger partial charge in [-0.2, -0.15) is 11.8 Å². The Bertz CT molecular complexity index is 381. The highest BCUT2D eigenvalue weighted by atomic mass is 79.9. The van der Waals surface area contributed by atoms with E-state index < -0.39 is 0 Å². The number of amides is 1. The summed E-state index contributed by atoms with van der Waals surface area (Å²) in [7, 11) is 0. The molecule has 1 aromatic carbocycles. The van der Waals surface area contributed by atoms with Crippen molar-refractivity contribution in [2.75, 3.05) is 12.8 Å². The number of hydrogen-bond acceptors (Lipinski definition) is 2. The Morgan fingerprint density at radius 1 is 1.56 bits per heavy atom. The highest BCUT2D eigenvalue weighted by Gasteiger charge is 2.10. The van der Waals surface area contributed by atoms with Gasteiger partial charge in [-0.05, 0) is 41.2 Å². The molecule has 2 nitrogen and oxygen atoms in total. The average molecular weight is 302 g/mol. The quantitative estimate of drug-likeness (QED) is 0.925.